The number of likely N-dealkylation sites (tertiary alicyclic amines) is 1. The molecule has 0 N–H and O–H groups in total. The molecule has 1 aliphatic heterocycles. The lowest BCUT2D eigenvalue weighted by molar-refractivity contribution is -0.150. The fraction of sp³-hybridized carbons (Fsp3) is 0.917. The minimum Gasteiger partial charge on any atom is -0.464 e. The lowest BCUT2D eigenvalue weighted by Crippen LogP contribution is -2.49. The molecular weight excluding hydrogens is 366 g/mol. The Morgan fingerprint density at radius 2 is 1.31 bits per heavy atom. The third-order valence-electron chi connectivity index (χ3n) is 5.68. The molecule has 1 saturated heterocycles. The first-order valence-corrected chi connectivity index (χ1v) is 12.3. The van der Waals surface area contributed by atoms with Crippen LogP contribution in [0.1, 0.15) is 117 Å². The topological polar surface area (TPSA) is 55.8 Å². The number of hydrogen-bond acceptors (Lipinski definition) is 4. The van der Waals surface area contributed by atoms with Crippen LogP contribution in [0.5, 0.6) is 0 Å². The Kier molecular flexibility index (Phi) is 15.6. The Labute approximate surface area is 178 Å². The third kappa shape index (κ3) is 12.1. The zero-order valence-electron chi connectivity index (χ0n) is 19.1. The van der Waals surface area contributed by atoms with E-state index in [-0.39, 0.29) is 12.1 Å². The van der Waals surface area contributed by atoms with Gasteiger partial charge in [0.25, 0.3) is 0 Å². The number of carbonyl (C=O) groups is 2. The van der Waals surface area contributed by atoms with E-state index in [1.54, 1.807) is 4.90 Å². The van der Waals surface area contributed by atoms with Crippen molar-refractivity contribution in [1.82, 2.24) is 4.90 Å². The lowest BCUT2D eigenvalue weighted by Gasteiger charge is -2.33. The highest BCUT2D eigenvalue weighted by Gasteiger charge is 2.34. The van der Waals surface area contributed by atoms with Gasteiger partial charge in [0.05, 0.1) is 13.2 Å². The number of amides is 1. The van der Waals surface area contributed by atoms with Gasteiger partial charge in [0.2, 0.25) is 0 Å². The molecule has 5 heteroatoms. The van der Waals surface area contributed by atoms with E-state index in [1.165, 1.54) is 64.2 Å². The second-order valence-corrected chi connectivity index (χ2v) is 8.38. The molecule has 1 heterocycles. The zero-order valence-corrected chi connectivity index (χ0v) is 19.1. The summed E-state index contributed by atoms with van der Waals surface area (Å²) >= 11 is 0. The van der Waals surface area contributed by atoms with Crippen LogP contribution in [0.3, 0.4) is 0 Å². The minimum absolute atomic E-state index is 0.263. The Bertz CT molecular complexity index is 427. The van der Waals surface area contributed by atoms with E-state index in [9.17, 15) is 9.59 Å². The van der Waals surface area contributed by atoms with Crippen molar-refractivity contribution in [3.05, 3.63) is 0 Å². The Morgan fingerprint density at radius 1 is 0.724 bits per heavy atom. The minimum atomic E-state index is -0.467. The number of ether oxygens (including phenoxy) is 2. The number of rotatable bonds is 16. The summed E-state index contributed by atoms with van der Waals surface area (Å²) in [5.74, 6) is -0.263. The van der Waals surface area contributed by atoms with Gasteiger partial charge in [-0.15, -0.1) is 0 Å². The number of carbonyl (C=O) groups excluding carboxylic acids is 2. The molecule has 1 amide bonds. The first-order valence-electron chi connectivity index (χ1n) is 12.3. The second kappa shape index (κ2) is 17.6. The second-order valence-electron chi connectivity index (χ2n) is 8.38. The van der Waals surface area contributed by atoms with Crippen molar-refractivity contribution in [1.29, 1.82) is 0 Å². The van der Waals surface area contributed by atoms with Crippen molar-refractivity contribution < 1.29 is 19.1 Å². The molecule has 1 atom stereocenters. The molecule has 29 heavy (non-hydrogen) atoms. The van der Waals surface area contributed by atoms with Gasteiger partial charge in [0.15, 0.2) is 0 Å². The highest BCUT2D eigenvalue weighted by Crippen LogP contribution is 2.20. The molecule has 0 aromatic rings. The quantitative estimate of drug-likeness (QED) is 0.211. The SMILES string of the molecule is CCCCCCCCCCCCCCOC(=O)C1CCCCN1C(=O)OCCC. The lowest BCUT2D eigenvalue weighted by atomic mass is 10.0. The van der Waals surface area contributed by atoms with Gasteiger partial charge in [-0.05, 0) is 32.1 Å². The number of esters is 1. The van der Waals surface area contributed by atoms with Crippen LogP contribution in [0.25, 0.3) is 0 Å². The molecule has 0 spiro atoms. The molecule has 0 aromatic carbocycles. The van der Waals surface area contributed by atoms with E-state index in [0.29, 0.717) is 26.2 Å². The standard InChI is InChI=1S/C24H45NO4/c1-3-5-6-7-8-9-10-11-12-13-14-17-21-28-23(26)22-18-15-16-19-25(22)24(27)29-20-4-2/h22H,3-21H2,1-2H3. The van der Waals surface area contributed by atoms with E-state index in [1.807, 2.05) is 6.92 Å². The van der Waals surface area contributed by atoms with Gasteiger partial charge >= 0.3 is 12.1 Å². The van der Waals surface area contributed by atoms with Crippen molar-refractivity contribution in [2.45, 2.75) is 123 Å². The van der Waals surface area contributed by atoms with Crippen LogP contribution in [0.4, 0.5) is 4.79 Å². The Balaban J connectivity index is 2.04. The van der Waals surface area contributed by atoms with Crippen LogP contribution in [0.15, 0.2) is 0 Å². The summed E-state index contributed by atoms with van der Waals surface area (Å²) < 4.78 is 10.7. The van der Waals surface area contributed by atoms with Crippen LogP contribution < -0.4 is 0 Å². The van der Waals surface area contributed by atoms with Crippen molar-refractivity contribution in [2.75, 3.05) is 19.8 Å². The molecule has 0 bridgehead atoms. The molecular formula is C24H45NO4. The predicted molar refractivity (Wildman–Crippen MR) is 118 cm³/mol. The van der Waals surface area contributed by atoms with E-state index < -0.39 is 6.04 Å². The number of unbranched alkanes of at least 4 members (excludes halogenated alkanes) is 11. The van der Waals surface area contributed by atoms with E-state index in [4.69, 9.17) is 9.47 Å². The summed E-state index contributed by atoms with van der Waals surface area (Å²) in [6.45, 7) is 5.67. The summed E-state index contributed by atoms with van der Waals surface area (Å²) in [6.07, 6.45) is 18.4. The molecule has 5 nitrogen and oxygen atoms in total. The van der Waals surface area contributed by atoms with Gasteiger partial charge in [-0.1, -0.05) is 84.5 Å². The smallest absolute Gasteiger partial charge is 0.410 e. The summed E-state index contributed by atoms with van der Waals surface area (Å²) in [4.78, 5) is 26.1. The number of hydrogen-bond donors (Lipinski definition) is 0. The highest BCUT2D eigenvalue weighted by atomic mass is 16.6. The molecule has 0 aliphatic carbocycles. The first kappa shape index (κ1) is 25.8. The van der Waals surface area contributed by atoms with Crippen molar-refractivity contribution >= 4 is 12.1 Å². The third-order valence-corrected chi connectivity index (χ3v) is 5.68. The van der Waals surface area contributed by atoms with Gasteiger partial charge in [0.1, 0.15) is 6.04 Å². The predicted octanol–water partition coefficient (Wildman–Crippen LogP) is 6.63. The summed E-state index contributed by atoms with van der Waals surface area (Å²) in [7, 11) is 0. The Morgan fingerprint density at radius 3 is 1.90 bits per heavy atom. The van der Waals surface area contributed by atoms with Crippen LogP contribution in [0, 0.1) is 0 Å². The zero-order chi connectivity index (χ0) is 21.2. The number of nitrogens with zero attached hydrogens (tertiary/aromatic N) is 1. The van der Waals surface area contributed by atoms with E-state index in [0.717, 1.165) is 32.1 Å². The molecule has 1 rings (SSSR count). The fourth-order valence-electron chi connectivity index (χ4n) is 3.88. The molecule has 1 unspecified atom stereocenters. The van der Waals surface area contributed by atoms with Crippen LogP contribution in [-0.2, 0) is 14.3 Å². The van der Waals surface area contributed by atoms with Crippen molar-refractivity contribution in [2.24, 2.45) is 0 Å². The van der Waals surface area contributed by atoms with Gasteiger partial charge < -0.3 is 9.47 Å². The largest absolute Gasteiger partial charge is 0.464 e. The molecule has 0 aromatic heterocycles. The maximum absolute atomic E-state index is 12.4. The Hall–Kier alpha value is -1.26. The normalized spacial score (nSPS) is 16.6. The summed E-state index contributed by atoms with van der Waals surface area (Å²) in [5, 5.41) is 0. The van der Waals surface area contributed by atoms with Crippen molar-refractivity contribution in [3.8, 4) is 0 Å². The average Bonchev–Trinajstić information content (AvgIpc) is 2.75. The molecule has 170 valence electrons. The van der Waals surface area contributed by atoms with Crippen LogP contribution >= 0.6 is 0 Å². The average molecular weight is 412 g/mol. The van der Waals surface area contributed by atoms with E-state index in [2.05, 4.69) is 6.92 Å². The molecule has 1 aliphatic rings. The first-order chi connectivity index (χ1) is 14.2. The molecule has 0 radical (unpaired) electrons. The van der Waals surface area contributed by atoms with Gasteiger partial charge in [-0.3, -0.25) is 4.90 Å². The molecule has 0 saturated carbocycles. The van der Waals surface area contributed by atoms with E-state index >= 15 is 0 Å². The van der Waals surface area contributed by atoms with Gasteiger partial charge in [-0.25, -0.2) is 9.59 Å². The van der Waals surface area contributed by atoms with Crippen LogP contribution in [0.2, 0.25) is 0 Å². The number of piperidine rings is 1. The maximum Gasteiger partial charge on any atom is 0.410 e. The summed E-state index contributed by atoms with van der Waals surface area (Å²) in [5.41, 5.74) is 0. The fourth-order valence-corrected chi connectivity index (χ4v) is 3.88. The van der Waals surface area contributed by atoms with Crippen LogP contribution in [-0.4, -0.2) is 42.8 Å². The highest BCUT2D eigenvalue weighted by molar-refractivity contribution is 5.81. The van der Waals surface area contributed by atoms with Gasteiger partial charge in [-0.2, -0.15) is 0 Å². The van der Waals surface area contributed by atoms with Crippen molar-refractivity contribution in [3.63, 3.8) is 0 Å². The van der Waals surface area contributed by atoms with Gasteiger partial charge in [0, 0.05) is 6.54 Å². The monoisotopic (exact) mass is 411 g/mol. The molecule has 1 fully saturated rings. The maximum atomic E-state index is 12.4. The summed E-state index contributed by atoms with van der Waals surface area (Å²) in [6, 6.07) is -0.467.